The number of pyridine rings is 1. The average molecular weight is 783 g/mol. The third-order valence-electron chi connectivity index (χ3n) is 9.70. The molecule has 1 aliphatic rings. The molecule has 1 saturated heterocycles. The maximum Gasteiger partial charge on any atom is 0.324 e. The van der Waals surface area contributed by atoms with E-state index in [1.165, 1.54) is 12.4 Å². The van der Waals surface area contributed by atoms with Gasteiger partial charge >= 0.3 is 6.03 Å². The maximum absolute atomic E-state index is 13.5. The molecule has 6 aromatic rings. The minimum Gasteiger partial charge on any atom is -0.488 e. The summed E-state index contributed by atoms with van der Waals surface area (Å²) in [5, 5.41) is 18.6. The largest absolute Gasteiger partial charge is 0.488 e. The Kier molecular flexibility index (Phi) is 12.0. The lowest BCUT2D eigenvalue weighted by molar-refractivity contribution is -0.0672. The van der Waals surface area contributed by atoms with Crippen LogP contribution in [0.4, 0.5) is 27.9 Å². The maximum atomic E-state index is 13.5. The molecule has 3 aromatic heterocycles. The number of carbonyl (C=O) groups is 2. The number of amides is 3. The Morgan fingerprint density at radius 3 is 2.34 bits per heavy atom. The summed E-state index contributed by atoms with van der Waals surface area (Å²) in [6, 6.07) is 24.7. The minimum absolute atomic E-state index is 0.175. The van der Waals surface area contributed by atoms with E-state index >= 15 is 0 Å². The van der Waals surface area contributed by atoms with Crippen LogP contribution in [0.15, 0.2) is 97.5 Å². The Labute approximate surface area is 338 Å². The quantitative estimate of drug-likeness (QED) is 0.0973. The summed E-state index contributed by atoms with van der Waals surface area (Å²) < 4.78 is 13.9. The number of rotatable bonds is 12. The van der Waals surface area contributed by atoms with E-state index in [0.717, 1.165) is 52.9 Å². The van der Waals surface area contributed by atoms with E-state index in [4.69, 9.17) is 14.6 Å². The van der Waals surface area contributed by atoms with Gasteiger partial charge in [-0.05, 0) is 62.7 Å². The van der Waals surface area contributed by atoms with E-state index in [9.17, 15) is 9.59 Å². The van der Waals surface area contributed by atoms with Crippen LogP contribution in [0.25, 0.3) is 16.5 Å². The summed E-state index contributed by atoms with van der Waals surface area (Å²) >= 11 is 0. The summed E-state index contributed by atoms with van der Waals surface area (Å²) in [6.45, 7) is 15.6. The second-order valence-corrected chi connectivity index (χ2v) is 15.7. The van der Waals surface area contributed by atoms with Crippen molar-refractivity contribution < 1.29 is 19.1 Å². The van der Waals surface area contributed by atoms with Crippen molar-refractivity contribution in [3.8, 4) is 11.4 Å². The molecular weight excluding hydrogens is 733 g/mol. The second kappa shape index (κ2) is 17.4. The van der Waals surface area contributed by atoms with Crippen LogP contribution in [0.3, 0.4) is 0 Å². The van der Waals surface area contributed by atoms with Crippen molar-refractivity contribution in [2.45, 2.75) is 65.8 Å². The van der Waals surface area contributed by atoms with Crippen molar-refractivity contribution in [1.82, 2.24) is 34.9 Å². The first-order valence-corrected chi connectivity index (χ1v) is 19.5. The number of ether oxygens (including phenoxy) is 2. The molecule has 3 aromatic carbocycles. The van der Waals surface area contributed by atoms with Gasteiger partial charge in [-0.3, -0.25) is 15.0 Å². The lowest BCUT2D eigenvalue weighted by Crippen LogP contribution is -2.47. The van der Waals surface area contributed by atoms with Crippen molar-refractivity contribution in [3.05, 3.63) is 120 Å². The van der Waals surface area contributed by atoms with Gasteiger partial charge in [-0.2, -0.15) is 5.10 Å². The number of carbonyl (C=O) groups excluding carboxylic acids is 2. The van der Waals surface area contributed by atoms with Crippen LogP contribution in [0, 0.1) is 6.92 Å². The van der Waals surface area contributed by atoms with Crippen LogP contribution in [0.1, 0.15) is 61.9 Å². The zero-order chi connectivity index (χ0) is 40.8. The van der Waals surface area contributed by atoms with Gasteiger partial charge in [0, 0.05) is 54.6 Å². The normalized spacial score (nSPS) is 15.8. The first-order valence-electron chi connectivity index (χ1n) is 19.5. The van der Waals surface area contributed by atoms with Crippen molar-refractivity contribution >= 4 is 45.9 Å². The van der Waals surface area contributed by atoms with E-state index in [1.807, 2.05) is 85.8 Å². The molecule has 58 heavy (non-hydrogen) atoms. The smallest absolute Gasteiger partial charge is 0.324 e. The highest BCUT2D eigenvalue weighted by Crippen LogP contribution is 2.33. The summed E-state index contributed by atoms with van der Waals surface area (Å²) in [7, 11) is 0. The molecule has 4 heterocycles. The molecular formula is C44H50N10O4. The first-order chi connectivity index (χ1) is 27.9. The third-order valence-corrected chi connectivity index (χ3v) is 9.70. The van der Waals surface area contributed by atoms with Crippen LogP contribution in [0.2, 0.25) is 0 Å². The minimum atomic E-state index is -0.393. The van der Waals surface area contributed by atoms with Crippen molar-refractivity contribution in [2.75, 3.05) is 42.1 Å². The van der Waals surface area contributed by atoms with Gasteiger partial charge in [0.1, 0.15) is 35.5 Å². The fourth-order valence-corrected chi connectivity index (χ4v) is 6.82. The molecule has 0 saturated carbocycles. The van der Waals surface area contributed by atoms with Gasteiger partial charge in [0.2, 0.25) is 0 Å². The van der Waals surface area contributed by atoms with Crippen molar-refractivity contribution in [2.24, 2.45) is 0 Å². The Hall–Kier alpha value is -6.38. The average Bonchev–Trinajstić information content (AvgIpc) is 3.62. The molecule has 1 aliphatic heterocycles. The topological polar surface area (TPSA) is 160 Å². The van der Waals surface area contributed by atoms with E-state index < -0.39 is 6.03 Å². The number of morpholine rings is 1. The third kappa shape index (κ3) is 9.94. The highest BCUT2D eigenvalue weighted by molar-refractivity contribution is 6.07. The number of aryl methyl sites for hydroxylation is 1. The Bertz CT molecular complexity index is 2360. The lowest BCUT2D eigenvalue weighted by atomic mass is 9.92. The summed E-state index contributed by atoms with van der Waals surface area (Å²) in [5.74, 6) is 1.95. The van der Waals surface area contributed by atoms with Gasteiger partial charge in [-0.25, -0.2) is 24.4 Å². The predicted molar refractivity (Wildman–Crippen MR) is 226 cm³/mol. The number of aromatic nitrogens is 5. The molecule has 3 amide bonds. The van der Waals surface area contributed by atoms with Gasteiger partial charge in [0.25, 0.3) is 5.91 Å². The number of hydrogen-bond donors (Lipinski definition) is 4. The van der Waals surface area contributed by atoms with Crippen LogP contribution in [-0.4, -0.2) is 80.0 Å². The summed E-state index contributed by atoms with van der Waals surface area (Å²) in [5.41, 5.74) is 4.37. The molecule has 0 bridgehead atoms. The van der Waals surface area contributed by atoms with Crippen LogP contribution in [0.5, 0.6) is 5.75 Å². The number of hydrogen-bond acceptors (Lipinski definition) is 10. The van der Waals surface area contributed by atoms with Gasteiger partial charge in [-0.1, -0.05) is 62.7 Å². The van der Waals surface area contributed by atoms with Gasteiger partial charge < -0.3 is 25.4 Å². The molecule has 2 atom stereocenters. The van der Waals surface area contributed by atoms with Crippen LogP contribution >= 0.6 is 0 Å². The standard InChI is InChI=1S/C44H50N10O4/c1-28-11-13-32(14-12-28)54-41(22-38(52-54)44(4,5)6)51-43(56)49-35-15-16-37(34-10-8-7-9-33(34)35)57-27-31-17-18-45-39(21-31)50-40-24-47-36(23-48-40)42(55)46-19-20-53-25-29(2)58-30(3)26-53/h7-18,21-24,29-30H,19-20,25-27H2,1-6H3,(H,46,55)(H,45,48,50)(H2,49,51,56). The van der Waals surface area contributed by atoms with E-state index in [1.54, 1.807) is 10.9 Å². The molecule has 1 fully saturated rings. The fraction of sp³-hybridized carbons (Fsp3) is 0.318. The Morgan fingerprint density at radius 1 is 0.862 bits per heavy atom. The van der Waals surface area contributed by atoms with E-state index in [0.29, 0.717) is 35.4 Å². The molecule has 14 heteroatoms. The summed E-state index contributed by atoms with van der Waals surface area (Å²) in [4.78, 5) is 41.6. The lowest BCUT2D eigenvalue weighted by Gasteiger charge is -2.35. The number of anilines is 4. The molecule has 7 rings (SSSR count). The van der Waals surface area contributed by atoms with Gasteiger partial charge in [0.15, 0.2) is 0 Å². The van der Waals surface area contributed by atoms with Gasteiger partial charge in [0.05, 0.1) is 41.7 Å². The van der Waals surface area contributed by atoms with Gasteiger partial charge in [-0.15, -0.1) is 0 Å². The zero-order valence-corrected chi connectivity index (χ0v) is 33.7. The predicted octanol–water partition coefficient (Wildman–Crippen LogP) is 7.62. The fourth-order valence-electron chi connectivity index (χ4n) is 6.82. The van der Waals surface area contributed by atoms with Crippen LogP contribution < -0.4 is 26.0 Å². The number of nitrogens with one attached hydrogen (secondary N) is 4. The highest BCUT2D eigenvalue weighted by Gasteiger charge is 2.23. The highest BCUT2D eigenvalue weighted by atomic mass is 16.5. The number of benzene rings is 3. The molecule has 300 valence electrons. The molecule has 0 radical (unpaired) electrons. The second-order valence-electron chi connectivity index (χ2n) is 15.7. The monoisotopic (exact) mass is 782 g/mol. The molecule has 2 unspecified atom stereocenters. The Balaban J connectivity index is 0.960. The van der Waals surface area contributed by atoms with E-state index in [-0.39, 0.29) is 35.8 Å². The zero-order valence-electron chi connectivity index (χ0n) is 33.7. The molecule has 4 N–H and O–H groups in total. The van der Waals surface area contributed by atoms with Crippen molar-refractivity contribution in [1.29, 1.82) is 0 Å². The molecule has 14 nitrogen and oxygen atoms in total. The molecule has 0 spiro atoms. The number of urea groups is 1. The summed E-state index contributed by atoms with van der Waals surface area (Å²) in [6.07, 6.45) is 4.99. The SMILES string of the molecule is Cc1ccc(-n2nc(C(C)(C)C)cc2NC(=O)Nc2ccc(OCc3ccnc(Nc4cnc(C(=O)NCCN5CC(C)OC(C)C5)cn4)c3)c3ccccc23)cc1. The number of fused-ring (bicyclic) bond motifs is 1. The van der Waals surface area contributed by atoms with Crippen LogP contribution in [-0.2, 0) is 16.8 Å². The first kappa shape index (κ1) is 39.8. The van der Waals surface area contributed by atoms with E-state index in [2.05, 4.69) is 75.7 Å². The number of nitrogens with zero attached hydrogens (tertiary/aromatic N) is 6. The molecule has 0 aliphatic carbocycles. The Morgan fingerprint density at radius 2 is 1.62 bits per heavy atom. The van der Waals surface area contributed by atoms with Crippen molar-refractivity contribution in [3.63, 3.8) is 0 Å².